The van der Waals surface area contributed by atoms with Crippen LogP contribution in [0.5, 0.6) is 0 Å². The van der Waals surface area contributed by atoms with E-state index < -0.39 is 5.97 Å². The predicted octanol–water partition coefficient (Wildman–Crippen LogP) is 0.393. The lowest BCUT2D eigenvalue weighted by molar-refractivity contribution is -0.145. The summed E-state index contributed by atoms with van der Waals surface area (Å²) in [5.41, 5.74) is 0.0392. The van der Waals surface area contributed by atoms with Crippen molar-refractivity contribution in [3.63, 3.8) is 0 Å². The van der Waals surface area contributed by atoms with E-state index in [4.69, 9.17) is 0 Å². The van der Waals surface area contributed by atoms with Crippen molar-refractivity contribution >= 4 is 5.97 Å². The van der Waals surface area contributed by atoms with E-state index in [0.29, 0.717) is 6.54 Å². The molecule has 0 aromatic heterocycles. The fourth-order valence-corrected chi connectivity index (χ4v) is 2.99. The molecule has 0 bridgehead atoms. The molecule has 1 spiro atoms. The van der Waals surface area contributed by atoms with Crippen molar-refractivity contribution in [2.45, 2.75) is 19.8 Å². The monoisotopic (exact) mass is 212 g/mol. The molecule has 4 heteroatoms. The molecule has 2 saturated heterocycles. The van der Waals surface area contributed by atoms with Gasteiger partial charge in [0, 0.05) is 13.1 Å². The van der Waals surface area contributed by atoms with Gasteiger partial charge in [0.25, 0.3) is 0 Å². The average molecular weight is 212 g/mol. The predicted molar refractivity (Wildman–Crippen MR) is 57.8 cm³/mol. The van der Waals surface area contributed by atoms with E-state index in [0.717, 1.165) is 39.0 Å². The van der Waals surface area contributed by atoms with Gasteiger partial charge in [0.15, 0.2) is 0 Å². The number of carboxylic acids is 1. The summed E-state index contributed by atoms with van der Waals surface area (Å²) >= 11 is 0. The van der Waals surface area contributed by atoms with Gasteiger partial charge in [-0.3, -0.25) is 4.79 Å². The maximum atomic E-state index is 11.2. The van der Waals surface area contributed by atoms with Gasteiger partial charge in [-0.15, -0.1) is 0 Å². The summed E-state index contributed by atoms with van der Waals surface area (Å²) in [6.07, 6.45) is 2.07. The third-order valence-electron chi connectivity index (χ3n) is 4.16. The third-order valence-corrected chi connectivity index (χ3v) is 4.16. The summed E-state index contributed by atoms with van der Waals surface area (Å²) in [6, 6.07) is 0. The molecule has 0 aromatic carbocycles. The van der Waals surface area contributed by atoms with Crippen LogP contribution >= 0.6 is 0 Å². The summed E-state index contributed by atoms with van der Waals surface area (Å²) in [5, 5.41) is 12.4. The van der Waals surface area contributed by atoms with E-state index in [1.807, 2.05) is 0 Å². The van der Waals surface area contributed by atoms with Crippen LogP contribution in [-0.4, -0.2) is 48.7 Å². The van der Waals surface area contributed by atoms with Crippen LogP contribution < -0.4 is 5.32 Å². The lowest BCUT2D eigenvalue weighted by Gasteiger charge is -2.40. The summed E-state index contributed by atoms with van der Waals surface area (Å²) < 4.78 is 0. The molecule has 15 heavy (non-hydrogen) atoms. The molecule has 0 radical (unpaired) electrons. The van der Waals surface area contributed by atoms with E-state index in [1.54, 1.807) is 0 Å². The Labute approximate surface area is 90.6 Å². The Kier molecular flexibility index (Phi) is 2.98. The molecule has 0 amide bonds. The smallest absolute Gasteiger partial charge is 0.308 e. The maximum Gasteiger partial charge on any atom is 0.308 e. The maximum absolute atomic E-state index is 11.2. The third kappa shape index (κ3) is 1.88. The van der Waals surface area contributed by atoms with Gasteiger partial charge < -0.3 is 15.3 Å². The summed E-state index contributed by atoms with van der Waals surface area (Å²) in [4.78, 5) is 13.6. The fourth-order valence-electron chi connectivity index (χ4n) is 2.99. The number of nitrogens with one attached hydrogen (secondary N) is 1. The molecule has 1 atom stereocenters. The van der Waals surface area contributed by atoms with Gasteiger partial charge in [0.2, 0.25) is 0 Å². The van der Waals surface area contributed by atoms with E-state index in [1.165, 1.54) is 0 Å². The Morgan fingerprint density at radius 3 is 2.73 bits per heavy atom. The molecule has 0 saturated carbocycles. The zero-order valence-corrected chi connectivity index (χ0v) is 9.33. The molecule has 4 nitrogen and oxygen atoms in total. The van der Waals surface area contributed by atoms with Crippen LogP contribution in [0.2, 0.25) is 0 Å². The van der Waals surface area contributed by atoms with Crippen molar-refractivity contribution in [3.8, 4) is 0 Å². The lowest BCUT2D eigenvalue weighted by Crippen LogP contribution is -2.45. The molecule has 2 aliphatic rings. The first kappa shape index (κ1) is 10.9. The number of likely N-dealkylation sites (tertiary alicyclic amines) is 1. The molecule has 2 rings (SSSR count). The molecular formula is C11H20N2O2. The first-order valence-corrected chi connectivity index (χ1v) is 5.84. The Morgan fingerprint density at radius 1 is 1.53 bits per heavy atom. The molecule has 86 valence electrons. The van der Waals surface area contributed by atoms with Crippen LogP contribution in [0.15, 0.2) is 0 Å². The van der Waals surface area contributed by atoms with Crippen LogP contribution in [-0.2, 0) is 4.79 Å². The lowest BCUT2D eigenvalue weighted by atomic mass is 9.71. The number of carboxylic acid groups (broad SMARTS) is 1. The standard InChI is InChI=1S/C11H20N2O2/c1-2-13-5-3-11(4-6-13)8-12-7-9(11)10(14)15/h9,12H,2-8H2,1H3,(H,14,15). The molecule has 2 aliphatic heterocycles. The zero-order chi connectivity index (χ0) is 10.9. The SMILES string of the molecule is CCN1CCC2(CC1)CNCC2C(=O)O. The van der Waals surface area contributed by atoms with Gasteiger partial charge in [-0.25, -0.2) is 0 Å². The quantitative estimate of drug-likeness (QED) is 0.695. The van der Waals surface area contributed by atoms with E-state index in [9.17, 15) is 9.90 Å². The highest BCUT2D eigenvalue weighted by Crippen LogP contribution is 2.41. The molecule has 0 aromatic rings. The van der Waals surface area contributed by atoms with Crippen molar-refractivity contribution in [1.29, 1.82) is 0 Å². The largest absolute Gasteiger partial charge is 0.481 e. The van der Waals surface area contributed by atoms with Gasteiger partial charge in [0.1, 0.15) is 0 Å². The minimum absolute atomic E-state index is 0.0392. The van der Waals surface area contributed by atoms with Crippen molar-refractivity contribution in [3.05, 3.63) is 0 Å². The summed E-state index contributed by atoms with van der Waals surface area (Å²) in [6.45, 7) is 6.91. The van der Waals surface area contributed by atoms with Gasteiger partial charge in [-0.2, -0.15) is 0 Å². The Bertz CT molecular complexity index is 247. The van der Waals surface area contributed by atoms with Crippen LogP contribution in [0.3, 0.4) is 0 Å². The fraction of sp³-hybridized carbons (Fsp3) is 0.909. The van der Waals surface area contributed by atoms with Gasteiger partial charge in [0.05, 0.1) is 5.92 Å². The second-order valence-electron chi connectivity index (χ2n) is 4.82. The van der Waals surface area contributed by atoms with Crippen molar-refractivity contribution in [2.75, 3.05) is 32.7 Å². The second kappa shape index (κ2) is 4.10. The number of hydrogen-bond donors (Lipinski definition) is 2. The number of aliphatic carboxylic acids is 1. The Morgan fingerprint density at radius 2 is 2.20 bits per heavy atom. The minimum Gasteiger partial charge on any atom is -0.481 e. The number of hydrogen-bond acceptors (Lipinski definition) is 3. The van der Waals surface area contributed by atoms with Crippen molar-refractivity contribution in [2.24, 2.45) is 11.3 Å². The second-order valence-corrected chi connectivity index (χ2v) is 4.82. The van der Waals surface area contributed by atoms with Crippen molar-refractivity contribution in [1.82, 2.24) is 10.2 Å². The zero-order valence-electron chi connectivity index (χ0n) is 9.33. The van der Waals surface area contributed by atoms with Crippen LogP contribution in [0, 0.1) is 11.3 Å². The first-order chi connectivity index (χ1) is 7.18. The highest BCUT2D eigenvalue weighted by atomic mass is 16.4. The van der Waals surface area contributed by atoms with Crippen LogP contribution in [0.1, 0.15) is 19.8 Å². The summed E-state index contributed by atoms with van der Waals surface area (Å²) in [7, 11) is 0. The first-order valence-electron chi connectivity index (χ1n) is 5.84. The van der Waals surface area contributed by atoms with E-state index in [-0.39, 0.29) is 11.3 Å². The molecule has 0 aliphatic carbocycles. The number of carbonyl (C=O) groups is 1. The minimum atomic E-state index is -0.620. The normalized spacial score (nSPS) is 30.9. The molecule has 2 heterocycles. The number of nitrogens with zero attached hydrogens (tertiary/aromatic N) is 1. The van der Waals surface area contributed by atoms with Gasteiger partial charge >= 0.3 is 5.97 Å². The summed E-state index contributed by atoms with van der Waals surface area (Å²) in [5.74, 6) is -0.790. The van der Waals surface area contributed by atoms with Gasteiger partial charge in [-0.1, -0.05) is 6.92 Å². The van der Waals surface area contributed by atoms with E-state index >= 15 is 0 Å². The van der Waals surface area contributed by atoms with Crippen LogP contribution in [0.25, 0.3) is 0 Å². The number of rotatable bonds is 2. The average Bonchev–Trinajstić information content (AvgIpc) is 2.63. The molecule has 2 N–H and O–H groups in total. The van der Waals surface area contributed by atoms with E-state index in [2.05, 4.69) is 17.1 Å². The number of piperidine rings is 1. The highest BCUT2D eigenvalue weighted by Gasteiger charge is 2.47. The molecular weight excluding hydrogens is 192 g/mol. The topological polar surface area (TPSA) is 52.6 Å². The van der Waals surface area contributed by atoms with Crippen LogP contribution in [0.4, 0.5) is 0 Å². The Hall–Kier alpha value is -0.610. The molecule has 2 fully saturated rings. The van der Waals surface area contributed by atoms with Crippen molar-refractivity contribution < 1.29 is 9.90 Å². The Balaban J connectivity index is 2.04. The molecule has 1 unspecified atom stereocenters. The van der Waals surface area contributed by atoms with Gasteiger partial charge in [-0.05, 0) is 37.9 Å². The highest BCUT2D eigenvalue weighted by molar-refractivity contribution is 5.72.